The van der Waals surface area contributed by atoms with Crippen LogP contribution in [-0.2, 0) is 26.8 Å². The fourth-order valence-corrected chi connectivity index (χ4v) is 5.50. The molecule has 14 heteroatoms. The molecule has 2 N–H and O–H groups in total. The second-order valence-corrected chi connectivity index (χ2v) is 9.41. The Kier molecular flexibility index (Phi) is 6.37. The minimum absolute atomic E-state index is 0.250. The van der Waals surface area contributed by atoms with E-state index >= 15 is 0 Å². The smallest absolute Gasteiger partial charge is 0.430 e. The Morgan fingerprint density at radius 2 is 1.56 bits per heavy atom. The summed E-state index contributed by atoms with van der Waals surface area (Å²) in [5.41, 5.74) is -7.41. The van der Waals surface area contributed by atoms with E-state index in [9.17, 15) is 54.2 Å². The van der Waals surface area contributed by atoms with Crippen molar-refractivity contribution in [1.29, 1.82) is 0 Å². The van der Waals surface area contributed by atoms with E-state index in [2.05, 4.69) is 0 Å². The van der Waals surface area contributed by atoms with Crippen molar-refractivity contribution in [2.75, 3.05) is 4.31 Å². The molecule has 0 saturated carbocycles. The van der Waals surface area contributed by atoms with Crippen LogP contribution in [0, 0.1) is 5.82 Å². The highest BCUT2D eigenvalue weighted by molar-refractivity contribution is 7.92. The van der Waals surface area contributed by atoms with Gasteiger partial charge in [-0.15, -0.1) is 0 Å². The van der Waals surface area contributed by atoms with E-state index in [1.165, 1.54) is 0 Å². The lowest BCUT2D eigenvalue weighted by molar-refractivity contribution is -0.376. The Hall–Kier alpha value is -2.87. The maximum atomic E-state index is 13.3. The predicted octanol–water partition coefficient (Wildman–Crippen LogP) is 4.12. The monoisotopic (exact) mass is 515 g/mol. The summed E-state index contributed by atoms with van der Waals surface area (Å²) in [6, 6.07) is 3.53. The number of aliphatic carboxylic acids is 1. The van der Waals surface area contributed by atoms with Gasteiger partial charge in [0.25, 0.3) is 15.6 Å². The molecule has 3 rings (SSSR count). The third kappa shape index (κ3) is 4.31. The van der Waals surface area contributed by atoms with Gasteiger partial charge in [0.2, 0.25) is 0 Å². The molecule has 0 amide bonds. The first-order chi connectivity index (χ1) is 15.5. The lowest BCUT2D eigenvalue weighted by Crippen LogP contribution is -2.54. The van der Waals surface area contributed by atoms with Crippen LogP contribution in [0.15, 0.2) is 47.4 Å². The molecule has 0 aliphatic carbocycles. The number of carboxylic acid groups (broad SMARTS) is 1. The van der Waals surface area contributed by atoms with Gasteiger partial charge in [-0.3, -0.25) is 9.10 Å². The van der Waals surface area contributed by atoms with Crippen LogP contribution in [0.4, 0.5) is 36.4 Å². The van der Waals surface area contributed by atoms with E-state index in [1.807, 2.05) is 0 Å². The van der Waals surface area contributed by atoms with Gasteiger partial charge in [0.05, 0.1) is 23.0 Å². The molecule has 1 aliphatic rings. The van der Waals surface area contributed by atoms with Crippen molar-refractivity contribution in [2.45, 2.75) is 48.2 Å². The van der Waals surface area contributed by atoms with Gasteiger partial charge < -0.3 is 10.2 Å². The van der Waals surface area contributed by atoms with Crippen molar-refractivity contribution in [1.82, 2.24) is 0 Å². The van der Waals surface area contributed by atoms with Gasteiger partial charge in [-0.2, -0.15) is 26.3 Å². The summed E-state index contributed by atoms with van der Waals surface area (Å²) < 4.78 is 120. The third-order valence-corrected chi connectivity index (χ3v) is 7.30. The van der Waals surface area contributed by atoms with Crippen LogP contribution in [0.2, 0.25) is 0 Å². The van der Waals surface area contributed by atoms with E-state index in [4.69, 9.17) is 0 Å². The Morgan fingerprint density at radius 1 is 1.00 bits per heavy atom. The van der Waals surface area contributed by atoms with Crippen molar-refractivity contribution in [3.8, 4) is 0 Å². The molecule has 1 atom stereocenters. The average Bonchev–Trinajstić information content (AvgIpc) is 2.70. The van der Waals surface area contributed by atoms with Crippen LogP contribution in [-0.4, -0.2) is 43.0 Å². The number of carbonyl (C=O) groups is 1. The van der Waals surface area contributed by atoms with Crippen LogP contribution >= 0.6 is 0 Å². The summed E-state index contributed by atoms with van der Waals surface area (Å²) in [4.78, 5) is 10.8. The van der Waals surface area contributed by atoms with Crippen molar-refractivity contribution in [3.05, 3.63) is 59.4 Å². The molecule has 0 spiro atoms. The van der Waals surface area contributed by atoms with Gasteiger partial charge in [-0.05, 0) is 48.7 Å². The fraction of sp³-hybridized carbons (Fsp3) is 0.350. The standard InChI is InChI=1S/C20H16F7NO5S/c21-13-3-6-15(7-4-13)34(32,33)28-14(10-17(29)30)5-1-11-9-12(2-8-16(11)28)18(31,19(22,23)24)20(25,26)27/h2-4,6-9,14,31H,1,5,10H2,(H,29,30)/t14-/m0/s1. The molecule has 1 heterocycles. The lowest BCUT2D eigenvalue weighted by Gasteiger charge is -2.38. The topological polar surface area (TPSA) is 94.9 Å². The molecule has 6 nitrogen and oxygen atoms in total. The SMILES string of the molecule is O=C(O)C[C@@H]1CCc2cc(C(O)(C(F)(F)F)C(F)(F)F)ccc2N1S(=O)(=O)c1ccc(F)cc1. The molecule has 2 aromatic rings. The first kappa shape index (κ1) is 25.7. The normalized spacial score (nSPS) is 17.4. The first-order valence-corrected chi connectivity index (χ1v) is 10.9. The summed E-state index contributed by atoms with van der Waals surface area (Å²) in [5.74, 6) is -2.17. The number of aliphatic hydroxyl groups is 1. The molecule has 0 fully saturated rings. The summed E-state index contributed by atoms with van der Waals surface area (Å²) in [6.07, 6.45) is -13.5. The van der Waals surface area contributed by atoms with Crippen LogP contribution in [0.3, 0.4) is 0 Å². The van der Waals surface area contributed by atoms with Gasteiger partial charge in [0.15, 0.2) is 0 Å². The molecule has 1 aliphatic heterocycles. The van der Waals surface area contributed by atoms with Gasteiger partial charge >= 0.3 is 18.3 Å². The van der Waals surface area contributed by atoms with Crippen molar-refractivity contribution in [2.24, 2.45) is 0 Å². The molecule has 0 saturated heterocycles. The van der Waals surface area contributed by atoms with E-state index in [1.54, 1.807) is 0 Å². The summed E-state index contributed by atoms with van der Waals surface area (Å²) in [7, 11) is -4.60. The van der Waals surface area contributed by atoms with E-state index in [-0.39, 0.29) is 30.2 Å². The molecule has 0 aromatic heterocycles. The predicted molar refractivity (Wildman–Crippen MR) is 103 cm³/mol. The van der Waals surface area contributed by atoms with Crippen LogP contribution in [0.5, 0.6) is 0 Å². The van der Waals surface area contributed by atoms with Crippen LogP contribution in [0.25, 0.3) is 0 Å². The second kappa shape index (κ2) is 8.41. The number of halogens is 7. The van der Waals surface area contributed by atoms with Crippen molar-refractivity contribution < 1.29 is 54.2 Å². The molecule has 0 unspecified atom stereocenters. The minimum atomic E-state index is -6.14. The van der Waals surface area contributed by atoms with Gasteiger partial charge in [0, 0.05) is 5.56 Å². The Balaban J connectivity index is 2.20. The molecule has 0 radical (unpaired) electrons. The number of fused-ring (bicyclic) bond motifs is 1. The highest BCUT2D eigenvalue weighted by Gasteiger charge is 2.71. The van der Waals surface area contributed by atoms with Crippen molar-refractivity contribution in [3.63, 3.8) is 0 Å². The van der Waals surface area contributed by atoms with Crippen molar-refractivity contribution >= 4 is 21.7 Å². The number of anilines is 1. The Labute approximate surface area is 188 Å². The zero-order chi connectivity index (χ0) is 25.7. The van der Waals surface area contributed by atoms with Crippen LogP contribution in [0.1, 0.15) is 24.0 Å². The molecular formula is C20H16F7NO5S. The summed E-state index contributed by atoms with van der Waals surface area (Å²) in [6.45, 7) is 0. The number of rotatable bonds is 5. The highest BCUT2D eigenvalue weighted by atomic mass is 32.2. The first-order valence-electron chi connectivity index (χ1n) is 9.51. The fourth-order valence-electron chi connectivity index (χ4n) is 3.78. The molecule has 34 heavy (non-hydrogen) atoms. The molecule has 0 bridgehead atoms. The number of alkyl halides is 6. The maximum Gasteiger partial charge on any atom is 0.430 e. The zero-order valence-electron chi connectivity index (χ0n) is 16.9. The highest BCUT2D eigenvalue weighted by Crippen LogP contribution is 2.51. The van der Waals surface area contributed by atoms with E-state index in [0.29, 0.717) is 16.4 Å². The Bertz CT molecular complexity index is 1180. The number of nitrogens with zero attached hydrogens (tertiary/aromatic N) is 1. The molecule has 2 aromatic carbocycles. The van der Waals surface area contributed by atoms with E-state index in [0.717, 1.165) is 24.3 Å². The van der Waals surface area contributed by atoms with Gasteiger partial charge in [-0.25, -0.2) is 12.8 Å². The summed E-state index contributed by atoms with van der Waals surface area (Å²) in [5, 5.41) is 18.8. The number of hydrogen-bond donors (Lipinski definition) is 2. The number of sulfonamides is 1. The number of benzene rings is 2. The summed E-state index contributed by atoms with van der Waals surface area (Å²) >= 11 is 0. The second-order valence-electron chi connectivity index (χ2n) is 7.59. The lowest BCUT2D eigenvalue weighted by atomic mass is 9.87. The number of aryl methyl sites for hydroxylation is 1. The largest absolute Gasteiger partial charge is 0.481 e. The maximum absolute atomic E-state index is 13.3. The molecule has 186 valence electrons. The van der Waals surface area contributed by atoms with Crippen LogP contribution < -0.4 is 4.31 Å². The quantitative estimate of drug-likeness (QED) is 0.585. The average molecular weight is 515 g/mol. The zero-order valence-corrected chi connectivity index (χ0v) is 17.7. The minimum Gasteiger partial charge on any atom is -0.481 e. The van der Waals surface area contributed by atoms with Gasteiger partial charge in [0.1, 0.15) is 5.82 Å². The van der Waals surface area contributed by atoms with E-state index < -0.39 is 62.7 Å². The van der Waals surface area contributed by atoms with Gasteiger partial charge in [-0.1, -0.05) is 12.1 Å². The number of hydrogen-bond acceptors (Lipinski definition) is 4. The molecular weight excluding hydrogens is 499 g/mol. The third-order valence-electron chi connectivity index (χ3n) is 5.41. The number of carboxylic acids is 1. The Morgan fingerprint density at radius 3 is 2.06 bits per heavy atom.